The van der Waals surface area contributed by atoms with Crippen molar-refractivity contribution in [3.63, 3.8) is 0 Å². The molecule has 1 aliphatic rings. The van der Waals surface area contributed by atoms with Gasteiger partial charge in [-0.25, -0.2) is 0 Å². The first-order valence-corrected chi connectivity index (χ1v) is 9.55. The summed E-state index contributed by atoms with van der Waals surface area (Å²) in [5.74, 6) is -0.113. The first kappa shape index (κ1) is 17.5. The Morgan fingerprint density at radius 1 is 1.12 bits per heavy atom. The van der Waals surface area contributed by atoms with E-state index in [4.69, 9.17) is 0 Å². The molecule has 4 nitrogen and oxygen atoms in total. The zero-order valence-corrected chi connectivity index (χ0v) is 15.5. The predicted octanol–water partition coefficient (Wildman–Crippen LogP) is 3.59. The van der Waals surface area contributed by atoms with Gasteiger partial charge in [0.1, 0.15) is 6.54 Å². The van der Waals surface area contributed by atoms with E-state index in [1.807, 2.05) is 68.6 Å². The molecule has 3 rings (SSSR count). The first-order valence-electron chi connectivity index (χ1n) is 8.33. The fourth-order valence-corrected chi connectivity index (χ4v) is 3.79. The Kier molecular flexibility index (Phi) is 5.13. The van der Waals surface area contributed by atoms with E-state index in [1.54, 1.807) is 21.6 Å². The molecule has 1 saturated heterocycles. The number of rotatable bonds is 3. The van der Waals surface area contributed by atoms with Crippen molar-refractivity contribution in [2.45, 2.75) is 24.8 Å². The van der Waals surface area contributed by atoms with Gasteiger partial charge < -0.3 is 9.80 Å². The number of benzene rings is 2. The second kappa shape index (κ2) is 7.31. The monoisotopic (exact) mass is 354 g/mol. The Balaban J connectivity index is 1.84. The zero-order chi connectivity index (χ0) is 18.0. The summed E-state index contributed by atoms with van der Waals surface area (Å²) in [4.78, 5) is 30.1. The molecule has 0 bridgehead atoms. The van der Waals surface area contributed by atoms with Crippen LogP contribution in [0.3, 0.4) is 0 Å². The molecule has 2 aromatic carbocycles. The average Bonchev–Trinajstić information content (AvgIpc) is 2.63. The van der Waals surface area contributed by atoms with Gasteiger partial charge in [0.05, 0.1) is 5.56 Å². The molecule has 1 aliphatic heterocycles. The molecule has 130 valence electrons. The van der Waals surface area contributed by atoms with Crippen molar-refractivity contribution in [2.75, 3.05) is 24.2 Å². The van der Waals surface area contributed by atoms with E-state index < -0.39 is 0 Å². The second-order valence-electron chi connectivity index (χ2n) is 6.27. The molecule has 1 heterocycles. The van der Waals surface area contributed by atoms with Crippen molar-refractivity contribution in [1.29, 1.82) is 0 Å². The predicted molar refractivity (Wildman–Crippen MR) is 102 cm³/mol. The maximum absolute atomic E-state index is 13.0. The van der Waals surface area contributed by atoms with Crippen LogP contribution in [0.25, 0.3) is 0 Å². The van der Waals surface area contributed by atoms with E-state index >= 15 is 0 Å². The molecule has 0 saturated carbocycles. The maximum Gasteiger partial charge on any atom is 0.255 e. The number of hydrogen-bond donors (Lipinski definition) is 0. The van der Waals surface area contributed by atoms with Crippen LogP contribution in [-0.2, 0) is 4.79 Å². The maximum atomic E-state index is 13.0. The summed E-state index contributed by atoms with van der Waals surface area (Å²) in [7, 11) is 0. The van der Waals surface area contributed by atoms with E-state index in [0.29, 0.717) is 12.1 Å². The number of para-hydroxylation sites is 1. The van der Waals surface area contributed by atoms with Crippen molar-refractivity contribution in [2.24, 2.45) is 0 Å². The molecular formula is C20H22N2O2S. The molecular weight excluding hydrogens is 332 g/mol. The number of piperazine rings is 1. The van der Waals surface area contributed by atoms with E-state index in [-0.39, 0.29) is 24.4 Å². The van der Waals surface area contributed by atoms with Gasteiger partial charge >= 0.3 is 0 Å². The van der Waals surface area contributed by atoms with Crippen LogP contribution in [0.4, 0.5) is 5.69 Å². The van der Waals surface area contributed by atoms with Crippen molar-refractivity contribution >= 4 is 29.3 Å². The number of hydrogen-bond acceptors (Lipinski definition) is 3. The highest BCUT2D eigenvalue weighted by molar-refractivity contribution is 7.98. The van der Waals surface area contributed by atoms with Gasteiger partial charge in [0.2, 0.25) is 5.91 Å². The number of carbonyl (C=O) groups excluding carboxylic acids is 2. The lowest BCUT2D eigenvalue weighted by atomic mass is 10.1. The largest absolute Gasteiger partial charge is 0.325 e. The van der Waals surface area contributed by atoms with Gasteiger partial charge in [0.15, 0.2) is 0 Å². The van der Waals surface area contributed by atoms with Crippen LogP contribution in [0.2, 0.25) is 0 Å². The van der Waals surface area contributed by atoms with E-state index in [0.717, 1.165) is 16.1 Å². The lowest BCUT2D eigenvalue weighted by Gasteiger charge is -2.40. The third kappa shape index (κ3) is 3.42. The Morgan fingerprint density at radius 2 is 1.80 bits per heavy atom. The summed E-state index contributed by atoms with van der Waals surface area (Å²) in [5.41, 5.74) is 2.66. The Labute approximate surface area is 152 Å². The summed E-state index contributed by atoms with van der Waals surface area (Å²) >= 11 is 1.55. The van der Waals surface area contributed by atoms with Crippen molar-refractivity contribution in [3.05, 3.63) is 59.7 Å². The minimum Gasteiger partial charge on any atom is -0.325 e. The normalized spacial score (nSPS) is 17.7. The van der Waals surface area contributed by atoms with Crippen molar-refractivity contribution in [3.8, 4) is 0 Å². The number of amides is 2. The smallest absolute Gasteiger partial charge is 0.255 e. The quantitative estimate of drug-likeness (QED) is 0.791. The number of carbonyl (C=O) groups is 2. The molecule has 2 amide bonds. The molecule has 0 spiro atoms. The molecule has 1 fully saturated rings. The number of anilines is 1. The van der Waals surface area contributed by atoms with Crippen LogP contribution in [0.5, 0.6) is 0 Å². The topological polar surface area (TPSA) is 40.6 Å². The molecule has 0 N–H and O–H groups in total. The first-order chi connectivity index (χ1) is 12.0. The number of aryl methyl sites for hydroxylation is 1. The van der Waals surface area contributed by atoms with Gasteiger partial charge in [-0.3, -0.25) is 9.59 Å². The summed E-state index contributed by atoms with van der Waals surface area (Å²) in [6, 6.07) is 15.4. The van der Waals surface area contributed by atoms with Gasteiger partial charge in [0.25, 0.3) is 5.91 Å². The van der Waals surface area contributed by atoms with Gasteiger partial charge in [-0.2, -0.15) is 0 Å². The fraction of sp³-hybridized carbons (Fsp3) is 0.300. The molecule has 0 aliphatic carbocycles. The van der Waals surface area contributed by atoms with Gasteiger partial charge in [-0.05, 0) is 43.9 Å². The lowest BCUT2D eigenvalue weighted by Crippen LogP contribution is -2.57. The van der Waals surface area contributed by atoms with Crippen LogP contribution in [-0.4, -0.2) is 42.1 Å². The third-order valence-electron chi connectivity index (χ3n) is 4.59. The lowest BCUT2D eigenvalue weighted by molar-refractivity contribution is -0.121. The van der Waals surface area contributed by atoms with Gasteiger partial charge in [0, 0.05) is 23.2 Å². The highest BCUT2D eigenvalue weighted by Crippen LogP contribution is 2.26. The van der Waals surface area contributed by atoms with Gasteiger partial charge in [-0.1, -0.05) is 30.3 Å². The molecule has 0 unspecified atom stereocenters. The van der Waals surface area contributed by atoms with Crippen molar-refractivity contribution < 1.29 is 9.59 Å². The van der Waals surface area contributed by atoms with Crippen LogP contribution >= 0.6 is 11.8 Å². The minimum atomic E-state index is -0.0739. The van der Waals surface area contributed by atoms with Crippen molar-refractivity contribution in [1.82, 2.24) is 4.90 Å². The Morgan fingerprint density at radius 3 is 2.52 bits per heavy atom. The third-order valence-corrected chi connectivity index (χ3v) is 5.39. The van der Waals surface area contributed by atoms with Crippen LogP contribution < -0.4 is 4.90 Å². The Bertz CT molecular complexity index is 806. The average molecular weight is 354 g/mol. The molecule has 0 radical (unpaired) electrons. The summed E-state index contributed by atoms with van der Waals surface area (Å²) in [6.45, 7) is 4.62. The summed E-state index contributed by atoms with van der Waals surface area (Å²) in [5, 5.41) is 0. The van der Waals surface area contributed by atoms with E-state index in [2.05, 4.69) is 0 Å². The zero-order valence-electron chi connectivity index (χ0n) is 14.7. The standard InChI is InChI=1S/C20H22N2O2S/c1-14-8-4-6-10-17(14)22-12-15(2)21(13-19(22)23)20(24)16-9-5-7-11-18(16)25-3/h4-11,15H,12-13H2,1-3H3/t15-/m1/s1. The highest BCUT2D eigenvalue weighted by Gasteiger charge is 2.34. The summed E-state index contributed by atoms with van der Waals surface area (Å²) < 4.78 is 0. The van der Waals surface area contributed by atoms with E-state index in [1.165, 1.54) is 0 Å². The van der Waals surface area contributed by atoms with Crippen LogP contribution in [0.15, 0.2) is 53.4 Å². The van der Waals surface area contributed by atoms with Crippen LogP contribution in [0, 0.1) is 6.92 Å². The molecule has 0 aromatic heterocycles. The molecule has 2 aromatic rings. The second-order valence-corrected chi connectivity index (χ2v) is 7.12. The fourth-order valence-electron chi connectivity index (χ4n) is 3.20. The van der Waals surface area contributed by atoms with Gasteiger partial charge in [-0.15, -0.1) is 11.8 Å². The number of nitrogens with zero attached hydrogens (tertiary/aromatic N) is 2. The SMILES string of the molecule is CSc1ccccc1C(=O)N1CC(=O)N(c2ccccc2C)C[C@H]1C. The summed E-state index contributed by atoms with van der Waals surface area (Å²) in [6.07, 6.45) is 1.96. The number of thioether (sulfide) groups is 1. The molecule has 25 heavy (non-hydrogen) atoms. The molecule has 1 atom stereocenters. The highest BCUT2D eigenvalue weighted by atomic mass is 32.2. The van der Waals surface area contributed by atoms with E-state index in [9.17, 15) is 9.59 Å². The minimum absolute atomic E-state index is 0.0395. The molecule has 5 heteroatoms. The Hall–Kier alpha value is -2.27. The van der Waals surface area contributed by atoms with Crippen LogP contribution in [0.1, 0.15) is 22.8 Å².